The van der Waals surface area contributed by atoms with Gasteiger partial charge in [-0.1, -0.05) is 0 Å². The molecule has 1 saturated carbocycles. The number of hydrogen-bond donors (Lipinski definition) is 2. The van der Waals surface area contributed by atoms with Crippen molar-refractivity contribution in [3.05, 3.63) is 48.3 Å². The van der Waals surface area contributed by atoms with Crippen LogP contribution in [-0.2, 0) is 0 Å². The van der Waals surface area contributed by atoms with Gasteiger partial charge in [0.15, 0.2) is 17.3 Å². The van der Waals surface area contributed by atoms with Crippen LogP contribution in [0.2, 0.25) is 0 Å². The van der Waals surface area contributed by atoms with Crippen LogP contribution in [0.25, 0.3) is 17.0 Å². The molecule has 10 heteroatoms. The van der Waals surface area contributed by atoms with Crippen LogP contribution in [0, 0.1) is 5.82 Å². The lowest BCUT2D eigenvalue weighted by Gasteiger charge is -2.12. The van der Waals surface area contributed by atoms with E-state index < -0.39 is 5.82 Å². The lowest BCUT2D eigenvalue weighted by Crippen LogP contribution is -2.13. The van der Waals surface area contributed by atoms with Crippen molar-refractivity contribution in [1.82, 2.24) is 39.7 Å². The molecule has 0 radical (unpaired) electrons. The molecule has 0 amide bonds. The fourth-order valence-electron chi connectivity index (χ4n) is 2.90. The number of rotatable bonds is 5. The van der Waals surface area contributed by atoms with Gasteiger partial charge >= 0.3 is 0 Å². The van der Waals surface area contributed by atoms with Gasteiger partial charge in [0, 0.05) is 17.7 Å². The molecule has 1 fully saturated rings. The molecule has 0 saturated heterocycles. The van der Waals surface area contributed by atoms with Gasteiger partial charge in [-0.2, -0.15) is 10.1 Å². The molecule has 1 aliphatic rings. The summed E-state index contributed by atoms with van der Waals surface area (Å²) in [6, 6.07) is 1.74. The Bertz CT molecular complexity index is 1100. The van der Waals surface area contributed by atoms with E-state index in [4.69, 9.17) is 0 Å². The number of aromatic amines is 1. The van der Waals surface area contributed by atoms with Gasteiger partial charge in [-0.3, -0.25) is 9.67 Å². The molecule has 4 aromatic rings. The summed E-state index contributed by atoms with van der Waals surface area (Å²) in [5.74, 6) is 1.72. The number of halogens is 1. The SMILES string of the molecule is C[C@H](Nc1ncc2ncn(-c3cc(C4CC4)[nH]n3)c2n1)c1ncc(F)cn1. The van der Waals surface area contributed by atoms with Crippen LogP contribution in [0.4, 0.5) is 10.3 Å². The second-order valence-electron chi connectivity index (χ2n) is 6.60. The Labute approximate surface area is 153 Å². The van der Waals surface area contributed by atoms with E-state index in [0.717, 1.165) is 23.9 Å². The first kappa shape index (κ1) is 15.8. The van der Waals surface area contributed by atoms with Crippen molar-refractivity contribution >= 4 is 17.1 Å². The lowest BCUT2D eigenvalue weighted by atomic mass is 10.3. The second kappa shape index (κ2) is 6.08. The molecule has 136 valence electrons. The summed E-state index contributed by atoms with van der Waals surface area (Å²) < 4.78 is 14.8. The standard InChI is InChI=1S/C17H16FN9/c1-9(15-19-5-11(18)6-20-15)23-17-21-7-13-16(24-17)27(8-22-13)14-4-12(25-26-14)10-2-3-10/h4-10H,2-3H2,1H3,(H,25,26)(H,21,23,24)/t9-/m0/s1. The van der Waals surface area contributed by atoms with Crippen molar-refractivity contribution in [3.63, 3.8) is 0 Å². The smallest absolute Gasteiger partial charge is 0.225 e. The van der Waals surface area contributed by atoms with Gasteiger partial charge in [-0.05, 0) is 19.8 Å². The maximum atomic E-state index is 13.0. The molecule has 1 aliphatic carbocycles. The van der Waals surface area contributed by atoms with Gasteiger partial charge in [0.05, 0.1) is 24.6 Å². The molecule has 5 rings (SSSR count). The van der Waals surface area contributed by atoms with Crippen molar-refractivity contribution in [2.45, 2.75) is 31.7 Å². The van der Waals surface area contributed by atoms with Crippen LogP contribution in [0.1, 0.15) is 43.2 Å². The zero-order valence-electron chi connectivity index (χ0n) is 14.5. The van der Waals surface area contributed by atoms with Gasteiger partial charge in [0.25, 0.3) is 0 Å². The summed E-state index contributed by atoms with van der Waals surface area (Å²) in [4.78, 5) is 21.1. The van der Waals surface area contributed by atoms with E-state index in [1.54, 1.807) is 12.5 Å². The van der Waals surface area contributed by atoms with Crippen LogP contribution in [-0.4, -0.2) is 39.7 Å². The first-order valence-electron chi connectivity index (χ1n) is 8.67. The molecule has 0 aromatic carbocycles. The fraction of sp³-hybridized carbons (Fsp3) is 0.294. The monoisotopic (exact) mass is 365 g/mol. The normalized spacial score (nSPS) is 15.2. The minimum absolute atomic E-state index is 0.286. The summed E-state index contributed by atoms with van der Waals surface area (Å²) >= 11 is 0. The fourth-order valence-corrected chi connectivity index (χ4v) is 2.90. The van der Waals surface area contributed by atoms with E-state index in [-0.39, 0.29) is 6.04 Å². The summed E-state index contributed by atoms with van der Waals surface area (Å²) in [6.07, 6.45) is 8.00. The van der Waals surface area contributed by atoms with Gasteiger partial charge in [-0.25, -0.2) is 24.3 Å². The minimum Gasteiger partial charge on any atom is -0.344 e. The highest BCUT2D eigenvalue weighted by Gasteiger charge is 2.26. The summed E-state index contributed by atoms with van der Waals surface area (Å²) in [7, 11) is 0. The maximum Gasteiger partial charge on any atom is 0.225 e. The Morgan fingerprint density at radius 3 is 2.78 bits per heavy atom. The number of nitrogens with one attached hydrogen (secondary N) is 2. The summed E-state index contributed by atoms with van der Waals surface area (Å²) in [6.45, 7) is 1.85. The van der Waals surface area contributed by atoms with E-state index in [9.17, 15) is 4.39 Å². The summed E-state index contributed by atoms with van der Waals surface area (Å²) in [5.41, 5.74) is 2.46. The molecule has 0 aliphatic heterocycles. The summed E-state index contributed by atoms with van der Waals surface area (Å²) in [5, 5.41) is 10.6. The molecule has 0 unspecified atom stereocenters. The zero-order chi connectivity index (χ0) is 18.4. The number of fused-ring (bicyclic) bond motifs is 1. The van der Waals surface area contributed by atoms with Crippen LogP contribution in [0.3, 0.4) is 0 Å². The third-order valence-corrected chi connectivity index (χ3v) is 4.51. The number of nitrogens with zero attached hydrogens (tertiary/aromatic N) is 7. The van der Waals surface area contributed by atoms with E-state index in [1.807, 2.05) is 17.6 Å². The molecule has 1 atom stereocenters. The average Bonchev–Trinajstić information content (AvgIpc) is 3.26. The molecule has 4 aromatic heterocycles. The predicted molar refractivity (Wildman–Crippen MR) is 94.8 cm³/mol. The van der Waals surface area contributed by atoms with Crippen molar-refractivity contribution in [3.8, 4) is 5.82 Å². The Morgan fingerprint density at radius 1 is 1.19 bits per heavy atom. The van der Waals surface area contributed by atoms with Crippen LogP contribution < -0.4 is 5.32 Å². The third kappa shape index (κ3) is 2.98. The van der Waals surface area contributed by atoms with Crippen LogP contribution >= 0.6 is 0 Å². The molecule has 4 heterocycles. The highest BCUT2D eigenvalue weighted by atomic mass is 19.1. The van der Waals surface area contributed by atoms with Gasteiger partial charge in [-0.15, -0.1) is 0 Å². The Balaban J connectivity index is 1.44. The Hall–Kier alpha value is -3.43. The van der Waals surface area contributed by atoms with Gasteiger partial charge in [0.1, 0.15) is 17.7 Å². The lowest BCUT2D eigenvalue weighted by molar-refractivity contribution is 0.604. The van der Waals surface area contributed by atoms with E-state index in [2.05, 4.69) is 40.4 Å². The molecule has 9 nitrogen and oxygen atoms in total. The quantitative estimate of drug-likeness (QED) is 0.559. The highest BCUT2D eigenvalue weighted by Crippen LogP contribution is 2.39. The Morgan fingerprint density at radius 2 is 2.00 bits per heavy atom. The van der Waals surface area contributed by atoms with E-state index in [0.29, 0.717) is 28.9 Å². The minimum atomic E-state index is -0.475. The number of aromatic nitrogens is 8. The van der Waals surface area contributed by atoms with Crippen molar-refractivity contribution in [2.75, 3.05) is 5.32 Å². The van der Waals surface area contributed by atoms with Crippen molar-refractivity contribution in [2.24, 2.45) is 0 Å². The predicted octanol–water partition coefficient (Wildman–Crippen LogP) is 2.52. The highest BCUT2D eigenvalue weighted by molar-refractivity contribution is 5.72. The van der Waals surface area contributed by atoms with Crippen LogP contribution in [0.5, 0.6) is 0 Å². The van der Waals surface area contributed by atoms with Gasteiger partial charge < -0.3 is 5.32 Å². The van der Waals surface area contributed by atoms with Crippen LogP contribution in [0.15, 0.2) is 31.0 Å². The molecule has 0 spiro atoms. The average molecular weight is 365 g/mol. The van der Waals surface area contributed by atoms with E-state index in [1.165, 1.54) is 12.8 Å². The molecule has 27 heavy (non-hydrogen) atoms. The largest absolute Gasteiger partial charge is 0.344 e. The number of hydrogen-bond acceptors (Lipinski definition) is 7. The first-order valence-corrected chi connectivity index (χ1v) is 8.67. The molecular formula is C17H16FN9. The zero-order valence-corrected chi connectivity index (χ0v) is 14.5. The third-order valence-electron chi connectivity index (χ3n) is 4.51. The second-order valence-corrected chi connectivity index (χ2v) is 6.60. The number of H-pyrrole nitrogens is 1. The Kier molecular flexibility index (Phi) is 3.56. The number of imidazole rings is 1. The molecule has 2 N–H and O–H groups in total. The topological polar surface area (TPSA) is 110 Å². The van der Waals surface area contributed by atoms with E-state index >= 15 is 0 Å². The van der Waals surface area contributed by atoms with Gasteiger partial charge in [0.2, 0.25) is 5.95 Å². The maximum absolute atomic E-state index is 13.0. The molecular weight excluding hydrogens is 349 g/mol. The first-order chi connectivity index (χ1) is 13.2. The van der Waals surface area contributed by atoms with Crippen molar-refractivity contribution < 1.29 is 4.39 Å². The van der Waals surface area contributed by atoms with Crippen molar-refractivity contribution in [1.29, 1.82) is 0 Å². The number of anilines is 1. The molecule has 0 bridgehead atoms.